The number of Topliss-reactive ketones (excluding diaryl/α,β-unsaturated/α-hetero) is 1. The van der Waals surface area contributed by atoms with Gasteiger partial charge in [0.2, 0.25) is 11.8 Å². The molecule has 0 bridgehead atoms. The molecule has 1 unspecified atom stereocenters. The van der Waals surface area contributed by atoms with Crippen LogP contribution in [0.4, 0.5) is 0 Å². The molecule has 186 valence electrons. The van der Waals surface area contributed by atoms with E-state index in [2.05, 4.69) is 16.3 Å². The minimum atomic E-state index is -1.01. The lowest BCUT2D eigenvalue weighted by Gasteiger charge is -2.33. The van der Waals surface area contributed by atoms with Gasteiger partial charge in [-0.1, -0.05) is 26.3 Å². The number of fused-ring (bicyclic) bond motifs is 1. The molecule has 8 nitrogen and oxygen atoms in total. The molecule has 3 saturated heterocycles. The van der Waals surface area contributed by atoms with Crippen molar-refractivity contribution in [1.82, 2.24) is 20.0 Å². The Morgan fingerprint density at radius 2 is 1.71 bits per heavy atom. The van der Waals surface area contributed by atoms with E-state index in [0.29, 0.717) is 13.1 Å². The summed E-state index contributed by atoms with van der Waals surface area (Å²) in [5.41, 5.74) is 0.529. The zero-order valence-electron chi connectivity index (χ0n) is 21.0. The lowest BCUT2D eigenvalue weighted by molar-refractivity contribution is -0.140. The highest BCUT2D eigenvalue weighted by Gasteiger charge is 2.56. The van der Waals surface area contributed by atoms with Crippen molar-refractivity contribution >= 4 is 17.6 Å². The van der Waals surface area contributed by atoms with Gasteiger partial charge in [-0.3, -0.25) is 24.2 Å². The minimum absolute atomic E-state index is 0.000362. The Kier molecular flexibility index (Phi) is 7.01. The van der Waals surface area contributed by atoms with E-state index in [4.69, 9.17) is 4.74 Å². The maximum absolute atomic E-state index is 13.3. The quantitative estimate of drug-likeness (QED) is 0.707. The zero-order valence-corrected chi connectivity index (χ0v) is 21.0. The van der Waals surface area contributed by atoms with E-state index in [-0.39, 0.29) is 37.2 Å². The number of ketones is 1. The number of piperidine rings is 1. The Morgan fingerprint density at radius 1 is 0.971 bits per heavy atom. The van der Waals surface area contributed by atoms with Gasteiger partial charge in [-0.2, -0.15) is 0 Å². The molecule has 1 aromatic carbocycles. The summed E-state index contributed by atoms with van der Waals surface area (Å²) in [6, 6.07) is 6.11. The fourth-order valence-corrected chi connectivity index (χ4v) is 5.68. The molecule has 2 amide bonds. The van der Waals surface area contributed by atoms with Crippen LogP contribution in [0.15, 0.2) is 18.2 Å². The maximum atomic E-state index is 13.3. The van der Waals surface area contributed by atoms with Gasteiger partial charge < -0.3 is 15.0 Å². The first-order chi connectivity index (χ1) is 16.1. The molecule has 0 radical (unpaired) electrons. The lowest BCUT2D eigenvalue weighted by Crippen LogP contribution is -2.56. The second kappa shape index (κ2) is 9.66. The van der Waals surface area contributed by atoms with Gasteiger partial charge in [0.1, 0.15) is 11.3 Å². The zero-order chi connectivity index (χ0) is 24.5. The second-order valence-electron chi connectivity index (χ2n) is 10.9. The number of nitrogens with one attached hydrogen (secondary N) is 1. The fourth-order valence-electron chi connectivity index (χ4n) is 5.68. The molecule has 3 fully saturated rings. The van der Waals surface area contributed by atoms with Crippen LogP contribution < -0.4 is 10.1 Å². The van der Waals surface area contributed by atoms with Crippen molar-refractivity contribution in [3.05, 3.63) is 29.3 Å². The van der Waals surface area contributed by atoms with Gasteiger partial charge in [0, 0.05) is 37.2 Å². The Hall–Kier alpha value is -2.45. The van der Waals surface area contributed by atoms with Gasteiger partial charge in [0.25, 0.3) is 0 Å². The first-order valence-corrected chi connectivity index (χ1v) is 12.3. The molecule has 8 heteroatoms. The average molecular weight is 471 g/mol. The molecule has 34 heavy (non-hydrogen) atoms. The van der Waals surface area contributed by atoms with E-state index in [1.165, 1.54) is 19.3 Å². The standard InChI is InChI=1S/C26H38N4O4/c1-25(2)18-30-23(32)16-29(15-22(31)27-17-26(30,3)24(25)33)13-19-8-9-21(34-4)20(12-19)14-28-10-6-5-7-11-28/h8-9,12H,5-7,10-11,13-18H2,1-4H3,(H,27,31). The highest BCUT2D eigenvalue weighted by atomic mass is 16.5. The Bertz CT molecular complexity index is 956. The number of nitrogens with zero attached hydrogens (tertiary/aromatic N) is 3. The first-order valence-electron chi connectivity index (χ1n) is 12.3. The van der Waals surface area contributed by atoms with Crippen molar-refractivity contribution in [3.8, 4) is 5.75 Å². The first kappa shape index (κ1) is 24.7. The number of carbonyl (C=O) groups is 3. The minimum Gasteiger partial charge on any atom is -0.496 e. The fraction of sp³-hybridized carbons (Fsp3) is 0.654. The smallest absolute Gasteiger partial charge is 0.237 e. The van der Waals surface area contributed by atoms with Crippen LogP contribution in [0.2, 0.25) is 0 Å². The number of hydrogen-bond donors (Lipinski definition) is 1. The van der Waals surface area contributed by atoms with Gasteiger partial charge in [-0.25, -0.2) is 0 Å². The highest BCUT2D eigenvalue weighted by molar-refractivity contribution is 6.00. The Morgan fingerprint density at radius 3 is 2.41 bits per heavy atom. The number of benzene rings is 1. The summed E-state index contributed by atoms with van der Waals surface area (Å²) in [6.07, 6.45) is 3.74. The summed E-state index contributed by atoms with van der Waals surface area (Å²) >= 11 is 0. The molecule has 4 rings (SSSR count). The van der Waals surface area contributed by atoms with Crippen molar-refractivity contribution in [2.45, 2.75) is 58.7 Å². The summed E-state index contributed by atoms with van der Waals surface area (Å²) in [5, 5.41) is 2.90. The lowest BCUT2D eigenvalue weighted by atomic mass is 9.83. The Balaban J connectivity index is 1.53. The van der Waals surface area contributed by atoms with Gasteiger partial charge in [-0.15, -0.1) is 0 Å². The topological polar surface area (TPSA) is 82.2 Å². The normalized spacial score (nSPS) is 26.5. The monoisotopic (exact) mass is 470 g/mol. The Labute approximate surface area is 202 Å². The highest BCUT2D eigenvalue weighted by Crippen LogP contribution is 2.38. The number of amides is 2. The van der Waals surface area contributed by atoms with E-state index in [9.17, 15) is 14.4 Å². The van der Waals surface area contributed by atoms with Crippen LogP contribution in [0.1, 0.15) is 51.2 Å². The molecule has 0 saturated carbocycles. The van der Waals surface area contributed by atoms with Crippen molar-refractivity contribution < 1.29 is 19.1 Å². The van der Waals surface area contributed by atoms with Gasteiger partial charge in [0.15, 0.2) is 5.78 Å². The summed E-state index contributed by atoms with van der Waals surface area (Å²) in [6.45, 7) is 9.73. The molecule has 1 aromatic rings. The van der Waals surface area contributed by atoms with Crippen LogP contribution in [0.25, 0.3) is 0 Å². The van der Waals surface area contributed by atoms with E-state index < -0.39 is 11.0 Å². The van der Waals surface area contributed by atoms with Crippen LogP contribution in [-0.2, 0) is 27.5 Å². The number of hydrogen-bond acceptors (Lipinski definition) is 6. The van der Waals surface area contributed by atoms with Crippen LogP contribution in [0, 0.1) is 5.41 Å². The van der Waals surface area contributed by atoms with E-state index in [1.54, 1.807) is 18.9 Å². The van der Waals surface area contributed by atoms with Crippen molar-refractivity contribution in [1.29, 1.82) is 0 Å². The molecular weight excluding hydrogens is 432 g/mol. The molecule has 0 spiro atoms. The molecule has 0 aromatic heterocycles. The number of likely N-dealkylation sites (tertiary alicyclic amines) is 1. The molecule has 1 atom stereocenters. The van der Waals surface area contributed by atoms with Crippen LogP contribution in [-0.4, -0.2) is 84.2 Å². The van der Waals surface area contributed by atoms with Gasteiger partial charge in [-0.05, 0) is 50.6 Å². The third kappa shape index (κ3) is 4.98. The number of carbonyl (C=O) groups excluding carboxylic acids is 3. The maximum Gasteiger partial charge on any atom is 0.237 e. The number of rotatable bonds is 5. The summed E-state index contributed by atoms with van der Waals surface area (Å²) < 4.78 is 5.61. The van der Waals surface area contributed by atoms with Gasteiger partial charge >= 0.3 is 0 Å². The van der Waals surface area contributed by atoms with Crippen LogP contribution in [0.5, 0.6) is 5.75 Å². The molecule has 3 aliphatic rings. The summed E-state index contributed by atoms with van der Waals surface area (Å²) in [7, 11) is 1.69. The molecule has 0 aliphatic carbocycles. The summed E-state index contributed by atoms with van der Waals surface area (Å²) in [4.78, 5) is 45.1. The third-order valence-corrected chi connectivity index (χ3v) is 7.50. The molecule has 3 aliphatic heterocycles. The van der Waals surface area contributed by atoms with Gasteiger partial charge in [0.05, 0.1) is 20.2 Å². The van der Waals surface area contributed by atoms with E-state index in [1.807, 2.05) is 30.9 Å². The SMILES string of the molecule is COc1ccc(CN2CC(=O)NCC3(C)C(=O)C(C)(C)CN3C(=O)C2)cc1CN1CCCCC1. The van der Waals surface area contributed by atoms with E-state index in [0.717, 1.165) is 36.5 Å². The van der Waals surface area contributed by atoms with Crippen molar-refractivity contribution in [2.24, 2.45) is 5.41 Å². The summed E-state index contributed by atoms with van der Waals surface area (Å²) in [5.74, 6) is 0.580. The number of ether oxygens (including phenoxy) is 1. The molecule has 3 heterocycles. The largest absolute Gasteiger partial charge is 0.496 e. The predicted molar refractivity (Wildman–Crippen MR) is 129 cm³/mol. The molecule has 1 N–H and O–H groups in total. The molecular formula is C26H38N4O4. The second-order valence-corrected chi connectivity index (χ2v) is 10.9. The van der Waals surface area contributed by atoms with E-state index >= 15 is 0 Å². The van der Waals surface area contributed by atoms with Crippen LogP contribution in [0.3, 0.4) is 0 Å². The van der Waals surface area contributed by atoms with Crippen molar-refractivity contribution in [2.75, 3.05) is 46.4 Å². The average Bonchev–Trinajstić information content (AvgIpc) is 3.00. The predicted octanol–water partition coefficient (Wildman–Crippen LogP) is 1.81. The van der Waals surface area contributed by atoms with Crippen LogP contribution >= 0.6 is 0 Å². The van der Waals surface area contributed by atoms with Crippen molar-refractivity contribution in [3.63, 3.8) is 0 Å². The third-order valence-electron chi connectivity index (χ3n) is 7.50. The number of methoxy groups -OCH3 is 1.